The van der Waals surface area contributed by atoms with Crippen LogP contribution in [0.2, 0.25) is 0 Å². The number of carbonyl (C=O) groups excluding carboxylic acids is 5. The van der Waals surface area contributed by atoms with E-state index in [2.05, 4.69) is 26.6 Å². The second-order valence-corrected chi connectivity index (χ2v) is 29.3. The van der Waals surface area contributed by atoms with Crippen LogP contribution in [0.3, 0.4) is 0 Å². The zero-order chi connectivity index (χ0) is 61.9. The van der Waals surface area contributed by atoms with Crippen molar-refractivity contribution in [3.63, 3.8) is 0 Å². The van der Waals surface area contributed by atoms with Gasteiger partial charge in [-0.15, -0.1) is 0 Å². The summed E-state index contributed by atoms with van der Waals surface area (Å²) in [5, 5.41) is 31.7. The molecule has 1 rings (SSSR count). The fourth-order valence-corrected chi connectivity index (χ4v) is 14.7. The van der Waals surface area contributed by atoms with Crippen LogP contribution in [0, 0.1) is 17.8 Å². The molecule has 466 valence electrons. The molecule has 0 saturated carbocycles. The molecule has 32 heteroatoms. The summed E-state index contributed by atoms with van der Waals surface area (Å²) in [7, 11) is -16.0. The van der Waals surface area contributed by atoms with E-state index in [1.54, 1.807) is 71.9 Å². The summed E-state index contributed by atoms with van der Waals surface area (Å²) in [4.78, 5) is 89.8. The standard InChI is InChI=1S/C49H89N11O17S4/c1-35(2)23-42(55-46(64)30-57(78(70,71)21-19-50)25-40(53-38(7)61)15-12-16-48(66)67)27-58(79(72,73)22-20-51)31-47(65)56-43(24-39-13-10-9-11-14-39)28-60(81(76,77)34-37(5)6)32-45(63)54-41(17-18-49(68)69)26-59(29-44(62)52-8)80(74,75)33-36(3)4/h9-11,13-14,35-37,40-43H,12,15-34,50-51H2,1-8H3,(H,52,62)(H,53,61)(H,54,63)(H,55,64)(H,56,65)(H,66,67)(H,68,69)/t40-,41-,42-,43-/m0/s1. The molecule has 81 heavy (non-hydrogen) atoms. The summed E-state index contributed by atoms with van der Waals surface area (Å²) in [5.74, 6) is -9.72. The van der Waals surface area contributed by atoms with Crippen molar-refractivity contribution in [2.24, 2.45) is 29.2 Å². The Labute approximate surface area is 478 Å². The minimum absolute atomic E-state index is 0.0359. The van der Waals surface area contributed by atoms with Gasteiger partial charge < -0.3 is 48.3 Å². The maximum absolute atomic E-state index is 14.3. The molecule has 11 N–H and O–H groups in total. The summed E-state index contributed by atoms with van der Waals surface area (Å²) in [5.41, 5.74) is 11.9. The number of hydrogen-bond acceptors (Lipinski definition) is 17. The van der Waals surface area contributed by atoms with Crippen LogP contribution in [0.5, 0.6) is 0 Å². The molecule has 4 atom stereocenters. The summed E-state index contributed by atoms with van der Waals surface area (Å²) in [6.07, 6.45) is -1.04. The third kappa shape index (κ3) is 30.8. The van der Waals surface area contributed by atoms with E-state index in [-0.39, 0.29) is 56.9 Å². The zero-order valence-corrected chi connectivity index (χ0v) is 51.1. The van der Waals surface area contributed by atoms with Crippen LogP contribution >= 0.6 is 0 Å². The summed E-state index contributed by atoms with van der Waals surface area (Å²) in [6, 6.07) is 4.03. The number of carboxylic acid groups (broad SMARTS) is 2. The van der Waals surface area contributed by atoms with E-state index < -0.39 is 200 Å². The van der Waals surface area contributed by atoms with E-state index in [0.29, 0.717) is 5.56 Å². The number of nitrogens with one attached hydrogen (secondary N) is 5. The molecular formula is C49H89N11O17S4. The molecule has 0 unspecified atom stereocenters. The molecule has 0 aliphatic heterocycles. The van der Waals surface area contributed by atoms with Gasteiger partial charge in [0.15, 0.2) is 0 Å². The number of hydrogen-bond donors (Lipinski definition) is 9. The Balaban J connectivity index is 3.79. The number of carbonyl (C=O) groups is 7. The SMILES string of the molecule is CNC(=O)CN(C[C@H](CCC(=O)O)NC(=O)CN(C[C@H](Cc1ccccc1)NC(=O)CN(C[C@H](CC(C)C)NC(=O)CN(C[C@H](CCCC(=O)O)NC(C)=O)S(=O)(=O)CCN)S(=O)(=O)CCN)S(=O)(=O)CC(C)C)S(=O)(=O)CC(C)C. The Hall–Kier alpha value is -4.93. The average molecular weight is 1230 g/mol. The zero-order valence-electron chi connectivity index (χ0n) is 47.9. The Bertz CT molecular complexity index is 2650. The minimum atomic E-state index is -4.42. The van der Waals surface area contributed by atoms with E-state index in [4.69, 9.17) is 16.6 Å². The van der Waals surface area contributed by atoms with Crippen molar-refractivity contribution in [2.75, 3.05) is 95.5 Å². The Morgan fingerprint density at radius 3 is 1.28 bits per heavy atom. The van der Waals surface area contributed by atoms with Crippen molar-refractivity contribution in [3.05, 3.63) is 35.9 Å². The highest BCUT2D eigenvalue weighted by Crippen LogP contribution is 2.17. The van der Waals surface area contributed by atoms with Crippen LogP contribution < -0.4 is 38.1 Å². The molecule has 0 fully saturated rings. The lowest BCUT2D eigenvalue weighted by Crippen LogP contribution is -2.55. The van der Waals surface area contributed by atoms with Gasteiger partial charge in [0.05, 0.1) is 49.2 Å². The van der Waals surface area contributed by atoms with Crippen LogP contribution in [0.4, 0.5) is 0 Å². The highest BCUT2D eigenvalue weighted by molar-refractivity contribution is 7.90. The van der Waals surface area contributed by atoms with Gasteiger partial charge in [0.1, 0.15) is 0 Å². The van der Waals surface area contributed by atoms with E-state index >= 15 is 0 Å². The minimum Gasteiger partial charge on any atom is -0.481 e. The van der Waals surface area contributed by atoms with Gasteiger partial charge in [-0.2, -0.15) is 17.2 Å². The van der Waals surface area contributed by atoms with Crippen molar-refractivity contribution in [2.45, 2.75) is 118 Å². The Morgan fingerprint density at radius 2 is 0.889 bits per heavy atom. The van der Waals surface area contributed by atoms with Gasteiger partial charge in [0.2, 0.25) is 69.6 Å². The first-order valence-electron chi connectivity index (χ1n) is 26.7. The van der Waals surface area contributed by atoms with Gasteiger partial charge in [0.25, 0.3) is 0 Å². The number of nitrogens with zero attached hydrogens (tertiary/aromatic N) is 4. The van der Waals surface area contributed by atoms with Gasteiger partial charge in [0, 0.05) is 90.2 Å². The lowest BCUT2D eigenvalue weighted by molar-refractivity contribution is -0.138. The number of rotatable bonds is 43. The van der Waals surface area contributed by atoms with Crippen molar-refractivity contribution in [1.82, 2.24) is 43.8 Å². The van der Waals surface area contributed by atoms with Crippen LogP contribution in [0.15, 0.2) is 30.3 Å². The second-order valence-electron chi connectivity index (χ2n) is 21.1. The highest BCUT2D eigenvalue weighted by atomic mass is 32.2. The van der Waals surface area contributed by atoms with Crippen molar-refractivity contribution in [1.29, 1.82) is 0 Å². The lowest BCUT2D eigenvalue weighted by Gasteiger charge is -2.31. The maximum Gasteiger partial charge on any atom is 0.303 e. The number of amides is 5. The van der Waals surface area contributed by atoms with Crippen molar-refractivity contribution >= 4 is 81.6 Å². The maximum atomic E-state index is 14.3. The summed E-state index contributed by atoms with van der Waals surface area (Å²) in [6.45, 7) is 5.07. The molecule has 5 amide bonds. The number of likely N-dealkylation sites (N-methyl/N-ethyl adjacent to an activating group) is 1. The third-order valence-corrected chi connectivity index (χ3v) is 19.8. The first-order valence-corrected chi connectivity index (χ1v) is 33.1. The predicted octanol–water partition coefficient (Wildman–Crippen LogP) is -2.14. The Kier molecular flexibility index (Phi) is 32.9. The Morgan fingerprint density at radius 1 is 0.506 bits per heavy atom. The third-order valence-electron chi connectivity index (χ3n) is 11.9. The molecule has 1 aromatic carbocycles. The molecule has 0 bridgehead atoms. The van der Waals surface area contributed by atoms with Gasteiger partial charge in [-0.1, -0.05) is 71.9 Å². The van der Waals surface area contributed by atoms with Crippen LogP contribution in [0.1, 0.15) is 92.6 Å². The number of sulfonamides is 4. The molecule has 0 radical (unpaired) electrons. The fraction of sp³-hybridized carbons (Fsp3) is 0.735. The molecule has 0 saturated heterocycles. The molecular weight excluding hydrogens is 1140 g/mol. The molecule has 0 aromatic heterocycles. The number of benzene rings is 1. The normalized spacial score (nSPS) is 14.0. The molecule has 0 spiro atoms. The van der Waals surface area contributed by atoms with Gasteiger partial charge in [-0.25, -0.2) is 33.7 Å². The first-order chi connectivity index (χ1) is 37.5. The predicted molar refractivity (Wildman–Crippen MR) is 305 cm³/mol. The molecule has 0 heterocycles. The second kappa shape index (κ2) is 35.9. The van der Waals surface area contributed by atoms with E-state index in [1.807, 2.05) is 0 Å². The van der Waals surface area contributed by atoms with Gasteiger partial charge in [-0.3, -0.25) is 33.6 Å². The van der Waals surface area contributed by atoms with Crippen LogP contribution in [0.25, 0.3) is 0 Å². The monoisotopic (exact) mass is 1230 g/mol. The van der Waals surface area contributed by atoms with Gasteiger partial charge in [-0.05, 0) is 55.4 Å². The smallest absolute Gasteiger partial charge is 0.303 e. The van der Waals surface area contributed by atoms with Crippen LogP contribution in [-0.4, -0.2) is 222 Å². The lowest BCUT2D eigenvalue weighted by atomic mass is 10.0. The fourth-order valence-electron chi connectivity index (χ4n) is 8.55. The first kappa shape index (κ1) is 74.1. The molecule has 28 nitrogen and oxygen atoms in total. The number of nitrogens with two attached hydrogens (primary N) is 2. The summed E-state index contributed by atoms with van der Waals surface area (Å²) >= 11 is 0. The van der Waals surface area contributed by atoms with Crippen LogP contribution in [-0.2, 0) is 80.1 Å². The average Bonchev–Trinajstić information content (AvgIpc) is 3.31. The van der Waals surface area contributed by atoms with Gasteiger partial charge >= 0.3 is 11.9 Å². The van der Waals surface area contributed by atoms with E-state index in [9.17, 15) is 72.3 Å². The van der Waals surface area contributed by atoms with Crippen molar-refractivity contribution < 1.29 is 77.4 Å². The largest absolute Gasteiger partial charge is 0.481 e. The van der Waals surface area contributed by atoms with E-state index in [0.717, 1.165) is 17.2 Å². The van der Waals surface area contributed by atoms with E-state index in [1.165, 1.54) is 14.0 Å². The molecule has 0 aliphatic rings. The number of carboxylic acids is 2. The topological polar surface area (TPSA) is 422 Å². The highest BCUT2D eigenvalue weighted by Gasteiger charge is 2.35. The quantitative estimate of drug-likeness (QED) is 0.0337. The summed E-state index contributed by atoms with van der Waals surface area (Å²) < 4.78 is 114. The number of aliphatic carboxylic acids is 2. The van der Waals surface area contributed by atoms with Crippen molar-refractivity contribution in [3.8, 4) is 0 Å². The molecule has 0 aliphatic carbocycles. The molecule has 1 aromatic rings.